The van der Waals surface area contributed by atoms with Crippen molar-refractivity contribution in [3.8, 4) is 17.2 Å². The smallest absolute Gasteiger partial charge is 0.127 e. The predicted octanol–water partition coefficient (Wildman–Crippen LogP) is 2.64. The second-order valence-electron chi connectivity index (χ2n) is 4.62. The highest BCUT2D eigenvalue weighted by Gasteiger charge is 2.04. The highest BCUT2D eigenvalue weighted by molar-refractivity contribution is 5.42. The van der Waals surface area contributed by atoms with Crippen LogP contribution in [-0.4, -0.2) is 33.4 Å². The lowest BCUT2D eigenvalue weighted by molar-refractivity contribution is 0.336. The van der Waals surface area contributed by atoms with Gasteiger partial charge in [-0.25, -0.2) is 0 Å². The standard InChI is InChI=1S/C15H23NO3/c1-11(2)16-9-12(3)10-19-15-7-13(17-4)6-14(8-15)18-5/h6-8,11,16H,3,9-10H2,1-2,4-5H3. The lowest BCUT2D eigenvalue weighted by atomic mass is 10.3. The molecular weight excluding hydrogens is 242 g/mol. The fourth-order valence-electron chi connectivity index (χ4n) is 1.45. The maximum absolute atomic E-state index is 5.69. The summed E-state index contributed by atoms with van der Waals surface area (Å²) in [6, 6.07) is 5.90. The second kappa shape index (κ2) is 7.69. The molecule has 0 heterocycles. The number of ether oxygens (including phenoxy) is 3. The van der Waals surface area contributed by atoms with E-state index in [0.717, 1.165) is 12.1 Å². The molecule has 0 saturated heterocycles. The number of hydrogen-bond donors (Lipinski definition) is 1. The molecule has 1 rings (SSSR count). The Morgan fingerprint density at radius 1 is 1.11 bits per heavy atom. The summed E-state index contributed by atoms with van der Waals surface area (Å²) in [5.74, 6) is 2.13. The van der Waals surface area contributed by atoms with E-state index in [2.05, 4.69) is 25.7 Å². The molecule has 0 saturated carbocycles. The van der Waals surface area contributed by atoms with Crippen LogP contribution >= 0.6 is 0 Å². The zero-order chi connectivity index (χ0) is 14.3. The normalized spacial score (nSPS) is 10.4. The van der Waals surface area contributed by atoms with Crippen LogP contribution in [0.1, 0.15) is 13.8 Å². The molecule has 0 aromatic heterocycles. The molecule has 0 unspecified atom stereocenters. The third-order valence-electron chi connectivity index (χ3n) is 2.53. The van der Waals surface area contributed by atoms with Crippen molar-refractivity contribution in [2.45, 2.75) is 19.9 Å². The number of methoxy groups -OCH3 is 2. The maximum Gasteiger partial charge on any atom is 0.127 e. The van der Waals surface area contributed by atoms with Crippen molar-refractivity contribution < 1.29 is 14.2 Å². The average molecular weight is 265 g/mol. The van der Waals surface area contributed by atoms with Gasteiger partial charge in [0.05, 0.1) is 14.2 Å². The lowest BCUT2D eigenvalue weighted by Gasteiger charge is -2.13. The first-order valence-corrected chi connectivity index (χ1v) is 6.31. The van der Waals surface area contributed by atoms with Gasteiger partial charge in [0.2, 0.25) is 0 Å². The van der Waals surface area contributed by atoms with Crippen LogP contribution in [-0.2, 0) is 0 Å². The van der Waals surface area contributed by atoms with E-state index in [0.29, 0.717) is 29.9 Å². The highest BCUT2D eigenvalue weighted by atomic mass is 16.5. The molecule has 106 valence electrons. The topological polar surface area (TPSA) is 39.7 Å². The average Bonchev–Trinajstić information content (AvgIpc) is 2.42. The first kappa shape index (κ1) is 15.4. The summed E-state index contributed by atoms with van der Waals surface area (Å²) < 4.78 is 16.1. The van der Waals surface area contributed by atoms with Gasteiger partial charge in [-0.3, -0.25) is 0 Å². The van der Waals surface area contributed by atoms with Crippen molar-refractivity contribution in [2.75, 3.05) is 27.4 Å². The molecule has 1 N–H and O–H groups in total. The van der Waals surface area contributed by atoms with Crippen LogP contribution in [0.15, 0.2) is 30.4 Å². The summed E-state index contributed by atoms with van der Waals surface area (Å²) in [6.45, 7) is 9.39. The van der Waals surface area contributed by atoms with E-state index >= 15 is 0 Å². The molecule has 0 atom stereocenters. The van der Waals surface area contributed by atoms with Crippen molar-refractivity contribution >= 4 is 0 Å². The fraction of sp³-hybridized carbons (Fsp3) is 0.467. The van der Waals surface area contributed by atoms with E-state index in [1.54, 1.807) is 14.2 Å². The van der Waals surface area contributed by atoms with E-state index in [1.807, 2.05) is 18.2 Å². The van der Waals surface area contributed by atoms with Crippen molar-refractivity contribution in [1.82, 2.24) is 5.32 Å². The van der Waals surface area contributed by atoms with Gasteiger partial charge in [0.25, 0.3) is 0 Å². The summed E-state index contributed by atoms with van der Waals surface area (Å²) in [5, 5.41) is 3.30. The number of benzene rings is 1. The Balaban J connectivity index is 2.54. The van der Waals surface area contributed by atoms with Crippen LogP contribution in [0.25, 0.3) is 0 Å². The first-order valence-electron chi connectivity index (χ1n) is 6.31. The molecule has 1 aromatic rings. The zero-order valence-corrected chi connectivity index (χ0v) is 12.2. The fourth-order valence-corrected chi connectivity index (χ4v) is 1.45. The Bertz CT molecular complexity index is 394. The largest absolute Gasteiger partial charge is 0.496 e. The predicted molar refractivity (Wildman–Crippen MR) is 77.3 cm³/mol. The minimum atomic E-state index is 0.439. The van der Waals surface area contributed by atoms with Gasteiger partial charge >= 0.3 is 0 Å². The Kier molecular flexibility index (Phi) is 6.22. The summed E-state index contributed by atoms with van der Waals surface area (Å²) in [6.07, 6.45) is 0. The Hall–Kier alpha value is -1.68. The van der Waals surface area contributed by atoms with E-state index < -0.39 is 0 Å². The van der Waals surface area contributed by atoms with E-state index in [-0.39, 0.29) is 0 Å². The van der Waals surface area contributed by atoms with Gasteiger partial charge in [0.1, 0.15) is 23.9 Å². The quantitative estimate of drug-likeness (QED) is 0.734. The van der Waals surface area contributed by atoms with Crippen LogP contribution in [0.2, 0.25) is 0 Å². The molecule has 0 amide bonds. The first-order chi connectivity index (χ1) is 9.05. The van der Waals surface area contributed by atoms with Crippen molar-refractivity contribution in [3.63, 3.8) is 0 Å². The van der Waals surface area contributed by atoms with Gasteiger partial charge in [-0.15, -0.1) is 0 Å². The molecule has 0 aliphatic heterocycles. The SMILES string of the molecule is C=C(CNC(C)C)COc1cc(OC)cc(OC)c1. The minimum absolute atomic E-state index is 0.439. The van der Waals surface area contributed by atoms with E-state index in [4.69, 9.17) is 14.2 Å². The van der Waals surface area contributed by atoms with Crippen LogP contribution in [0, 0.1) is 0 Å². The Labute approximate surface area is 115 Å². The van der Waals surface area contributed by atoms with Crippen molar-refractivity contribution in [3.05, 3.63) is 30.4 Å². The molecular formula is C15H23NO3. The summed E-state index contributed by atoms with van der Waals surface area (Å²) in [5.41, 5.74) is 0.996. The highest BCUT2D eigenvalue weighted by Crippen LogP contribution is 2.27. The molecule has 1 aromatic carbocycles. The molecule has 0 aliphatic carbocycles. The van der Waals surface area contributed by atoms with Gasteiger partial charge in [-0.2, -0.15) is 0 Å². The molecule has 0 bridgehead atoms. The molecule has 0 radical (unpaired) electrons. The summed E-state index contributed by atoms with van der Waals surface area (Å²) in [4.78, 5) is 0. The number of hydrogen-bond acceptors (Lipinski definition) is 4. The molecule has 0 fully saturated rings. The summed E-state index contributed by atoms with van der Waals surface area (Å²) in [7, 11) is 3.23. The van der Waals surface area contributed by atoms with Gasteiger partial charge in [0.15, 0.2) is 0 Å². The van der Waals surface area contributed by atoms with Crippen molar-refractivity contribution in [2.24, 2.45) is 0 Å². The van der Waals surface area contributed by atoms with Gasteiger partial charge in [-0.1, -0.05) is 20.4 Å². The molecule has 4 heteroatoms. The van der Waals surface area contributed by atoms with Crippen LogP contribution in [0.5, 0.6) is 17.2 Å². The van der Waals surface area contributed by atoms with E-state index in [9.17, 15) is 0 Å². The molecule has 19 heavy (non-hydrogen) atoms. The maximum atomic E-state index is 5.69. The van der Waals surface area contributed by atoms with Crippen molar-refractivity contribution in [1.29, 1.82) is 0 Å². The second-order valence-corrected chi connectivity index (χ2v) is 4.62. The van der Waals surface area contributed by atoms with Crippen LogP contribution in [0.3, 0.4) is 0 Å². The number of rotatable bonds is 8. The van der Waals surface area contributed by atoms with Gasteiger partial charge in [0, 0.05) is 30.8 Å². The van der Waals surface area contributed by atoms with Crippen LogP contribution in [0.4, 0.5) is 0 Å². The molecule has 0 spiro atoms. The van der Waals surface area contributed by atoms with Gasteiger partial charge < -0.3 is 19.5 Å². The summed E-state index contributed by atoms with van der Waals surface area (Å²) >= 11 is 0. The van der Waals surface area contributed by atoms with E-state index in [1.165, 1.54) is 0 Å². The third kappa shape index (κ3) is 5.66. The minimum Gasteiger partial charge on any atom is -0.496 e. The monoisotopic (exact) mass is 265 g/mol. The van der Waals surface area contributed by atoms with Gasteiger partial charge in [-0.05, 0) is 5.57 Å². The van der Waals surface area contributed by atoms with Crippen LogP contribution < -0.4 is 19.5 Å². The molecule has 0 aliphatic rings. The molecule has 4 nitrogen and oxygen atoms in total. The third-order valence-corrected chi connectivity index (χ3v) is 2.53. The lowest BCUT2D eigenvalue weighted by Crippen LogP contribution is -2.26. The Morgan fingerprint density at radius 3 is 2.11 bits per heavy atom. The zero-order valence-electron chi connectivity index (χ0n) is 12.2. The Morgan fingerprint density at radius 2 is 1.63 bits per heavy atom. The number of nitrogens with one attached hydrogen (secondary N) is 1.